The van der Waals surface area contributed by atoms with Gasteiger partial charge in [-0.1, -0.05) is 49.0 Å². The molecule has 0 radical (unpaired) electrons. The monoisotopic (exact) mass is 384 g/mol. The lowest BCUT2D eigenvalue weighted by Crippen LogP contribution is -2.16. The van der Waals surface area contributed by atoms with Crippen molar-refractivity contribution in [3.05, 3.63) is 28.7 Å². The van der Waals surface area contributed by atoms with Gasteiger partial charge in [-0.25, -0.2) is 0 Å². The van der Waals surface area contributed by atoms with E-state index in [0.717, 1.165) is 30.2 Å². The van der Waals surface area contributed by atoms with E-state index in [1.165, 1.54) is 0 Å². The summed E-state index contributed by atoms with van der Waals surface area (Å²) in [4.78, 5) is 23.4. The number of carbonyl (C=O) groups excluding carboxylic acids is 2. The number of hydrogen-bond acceptors (Lipinski definition) is 4. The molecule has 1 atom stereocenters. The Morgan fingerprint density at radius 2 is 1.74 bits per heavy atom. The highest BCUT2D eigenvalue weighted by Gasteiger charge is 2.13. The second kappa shape index (κ2) is 11.2. The summed E-state index contributed by atoms with van der Waals surface area (Å²) in [6, 6.07) is 6.97. The molecule has 0 aromatic heterocycles. The predicted octanol–water partition coefficient (Wildman–Crippen LogP) is 4.89. The molecule has 0 heterocycles. The standard InChI is InChI=1S/C18H25BrO4/c1-3-5-6-14(4-2)13-22-17(20)11-12-18(21)23-16-9-7-15(19)8-10-16/h7-10,14H,3-6,11-13H2,1-2H3. The average Bonchev–Trinajstić information content (AvgIpc) is 2.55. The first-order valence-electron chi connectivity index (χ1n) is 8.17. The molecule has 0 N–H and O–H groups in total. The van der Waals surface area contributed by atoms with Gasteiger partial charge in [0.05, 0.1) is 19.4 Å². The fourth-order valence-corrected chi connectivity index (χ4v) is 2.33. The van der Waals surface area contributed by atoms with Gasteiger partial charge in [0.25, 0.3) is 0 Å². The van der Waals surface area contributed by atoms with E-state index >= 15 is 0 Å². The van der Waals surface area contributed by atoms with Crippen LogP contribution >= 0.6 is 15.9 Å². The van der Waals surface area contributed by atoms with E-state index in [1.807, 2.05) is 0 Å². The third-order valence-electron chi connectivity index (χ3n) is 3.60. The summed E-state index contributed by atoms with van der Waals surface area (Å²) in [6.07, 6.45) is 4.45. The molecule has 0 spiro atoms. The molecule has 5 heteroatoms. The smallest absolute Gasteiger partial charge is 0.311 e. The number of ether oxygens (including phenoxy) is 2. The van der Waals surface area contributed by atoms with Gasteiger partial charge in [-0.2, -0.15) is 0 Å². The quantitative estimate of drug-likeness (QED) is 0.425. The minimum atomic E-state index is -0.428. The zero-order valence-electron chi connectivity index (χ0n) is 13.8. The van der Waals surface area contributed by atoms with Crippen LogP contribution in [0.1, 0.15) is 52.4 Å². The minimum absolute atomic E-state index is 0.0284. The molecule has 0 saturated carbocycles. The van der Waals surface area contributed by atoms with Gasteiger partial charge in [0.2, 0.25) is 0 Å². The summed E-state index contributed by atoms with van der Waals surface area (Å²) >= 11 is 3.31. The van der Waals surface area contributed by atoms with E-state index in [0.29, 0.717) is 18.3 Å². The van der Waals surface area contributed by atoms with Crippen LogP contribution in [0.5, 0.6) is 5.75 Å². The number of hydrogen-bond donors (Lipinski definition) is 0. The van der Waals surface area contributed by atoms with Crippen molar-refractivity contribution in [2.75, 3.05) is 6.61 Å². The van der Waals surface area contributed by atoms with Crippen LogP contribution in [0.3, 0.4) is 0 Å². The van der Waals surface area contributed by atoms with Crippen LogP contribution in [0.2, 0.25) is 0 Å². The predicted molar refractivity (Wildman–Crippen MR) is 93.3 cm³/mol. The molecule has 128 valence electrons. The Morgan fingerprint density at radius 1 is 1.09 bits per heavy atom. The van der Waals surface area contributed by atoms with Crippen molar-refractivity contribution < 1.29 is 19.1 Å². The molecule has 1 rings (SSSR count). The third-order valence-corrected chi connectivity index (χ3v) is 4.13. The Labute approximate surface area is 146 Å². The van der Waals surface area contributed by atoms with Crippen molar-refractivity contribution in [3.8, 4) is 5.75 Å². The maximum atomic E-state index is 11.7. The first kappa shape index (κ1) is 19.7. The Balaban J connectivity index is 2.24. The van der Waals surface area contributed by atoms with Crippen LogP contribution in [0.15, 0.2) is 28.7 Å². The van der Waals surface area contributed by atoms with E-state index in [2.05, 4.69) is 29.8 Å². The average molecular weight is 385 g/mol. The zero-order chi connectivity index (χ0) is 17.1. The lowest BCUT2D eigenvalue weighted by Gasteiger charge is -2.14. The first-order chi connectivity index (χ1) is 11.0. The molecule has 0 aliphatic carbocycles. The molecule has 4 nitrogen and oxygen atoms in total. The Morgan fingerprint density at radius 3 is 2.35 bits per heavy atom. The number of benzene rings is 1. The van der Waals surface area contributed by atoms with Crippen LogP contribution in [-0.4, -0.2) is 18.5 Å². The fraction of sp³-hybridized carbons (Fsp3) is 0.556. The molecule has 1 aromatic carbocycles. The lowest BCUT2D eigenvalue weighted by molar-refractivity contribution is -0.148. The molecular formula is C18H25BrO4. The van der Waals surface area contributed by atoms with Crippen LogP contribution in [0.4, 0.5) is 0 Å². The zero-order valence-corrected chi connectivity index (χ0v) is 15.4. The molecule has 0 amide bonds. The summed E-state index contributed by atoms with van der Waals surface area (Å²) in [5, 5.41) is 0. The third kappa shape index (κ3) is 8.74. The Bertz CT molecular complexity index is 484. The molecule has 1 aromatic rings. The van der Waals surface area contributed by atoms with Crippen molar-refractivity contribution >= 4 is 27.9 Å². The van der Waals surface area contributed by atoms with Gasteiger partial charge < -0.3 is 9.47 Å². The van der Waals surface area contributed by atoms with Gasteiger partial charge in [0, 0.05) is 4.47 Å². The van der Waals surface area contributed by atoms with E-state index < -0.39 is 5.97 Å². The van der Waals surface area contributed by atoms with Crippen molar-refractivity contribution in [1.29, 1.82) is 0 Å². The number of rotatable bonds is 10. The number of unbranched alkanes of at least 4 members (excludes halogenated alkanes) is 1. The van der Waals surface area contributed by atoms with Crippen LogP contribution in [-0.2, 0) is 14.3 Å². The molecule has 0 aliphatic heterocycles. The van der Waals surface area contributed by atoms with Crippen molar-refractivity contribution in [2.24, 2.45) is 5.92 Å². The normalized spacial score (nSPS) is 11.8. The highest BCUT2D eigenvalue weighted by molar-refractivity contribution is 9.10. The second-order valence-corrected chi connectivity index (χ2v) is 6.44. The summed E-state index contributed by atoms with van der Waals surface area (Å²) in [6.45, 7) is 4.69. The number of esters is 2. The largest absolute Gasteiger partial charge is 0.465 e. The minimum Gasteiger partial charge on any atom is -0.465 e. The summed E-state index contributed by atoms with van der Waals surface area (Å²) in [5.41, 5.74) is 0. The topological polar surface area (TPSA) is 52.6 Å². The fourth-order valence-electron chi connectivity index (χ4n) is 2.07. The summed E-state index contributed by atoms with van der Waals surface area (Å²) in [5.74, 6) is 0.112. The maximum Gasteiger partial charge on any atom is 0.311 e. The van der Waals surface area contributed by atoms with Gasteiger partial charge in [-0.3, -0.25) is 9.59 Å². The molecule has 0 aliphatic rings. The van der Waals surface area contributed by atoms with Gasteiger partial charge in [-0.15, -0.1) is 0 Å². The molecule has 0 saturated heterocycles. The highest BCUT2D eigenvalue weighted by atomic mass is 79.9. The number of carbonyl (C=O) groups is 2. The maximum absolute atomic E-state index is 11.7. The van der Waals surface area contributed by atoms with Crippen molar-refractivity contribution in [3.63, 3.8) is 0 Å². The van der Waals surface area contributed by atoms with Crippen LogP contribution < -0.4 is 4.74 Å². The number of halogens is 1. The van der Waals surface area contributed by atoms with Crippen LogP contribution in [0, 0.1) is 5.92 Å². The first-order valence-corrected chi connectivity index (χ1v) is 8.96. The van der Waals surface area contributed by atoms with E-state index in [9.17, 15) is 9.59 Å². The van der Waals surface area contributed by atoms with Gasteiger partial charge in [0.15, 0.2) is 0 Å². The molecular weight excluding hydrogens is 360 g/mol. The molecule has 1 unspecified atom stereocenters. The molecule has 0 bridgehead atoms. The summed E-state index contributed by atoms with van der Waals surface area (Å²) < 4.78 is 11.3. The van der Waals surface area contributed by atoms with E-state index in [-0.39, 0.29) is 18.8 Å². The van der Waals surface area contributed by atoms with Gasteiger partial charge >= 0.3 is 11.9 Å². The summed E-state index contributed by atoms with van der Waals surface area (Å²) in [7, 11) is 0. The molecule has 0 fully saturated rings. The van der Waals surface area contributed by atoms with E-state index in [4.69, 9.17) is 9.47 Å². The highest BCUT2D eigenvalue weighted by Crippen LogP contribution is 2.17. The van der Waals surface area contributed by atoms with Crippen molar-refractivity contribution in [1.82, 2.24) is 0 Å². The van der Waals surface area contributed by atoms with Gasteiger partial charge in [-0.05, 0) is 36.6 Å². The van der Waals surface area contributed by atoms with E-state index in [1.54, 1.807) is 24.3 Å². The van der Waals surface area contributed by atoms with Crippen LogP contribution in [0.25, 0.3) is 0 Å². The molecule has 23 heavy (non-hydrogen) atoms. The van der Waals surface area contributed by atoms with Crippen molar-refractivity contribution in [2.45, 2.75) is 52.4 Å². The second-order valence-electron chi connectivity index (χ2n) is 5.53. The Kier molecular flexibility index (Phi) is 9.60. The SMILES string of the molecule is CCCCC(CC)COC(=O)CCC(=O)Oc1ccc(Br)cc1. The lowest BCUT2D eigenvalue weighted by atomic mass is 10.0. The van der Waals surface area contributed by atoms with Gasteiger partial charge in [0.1, 0.15) is 5.75 Å². The Hall–Kier alpha value is -1.36.